The number of rotatable bonds is 3. The van der Waals surface area contributed by atoms with Crippen molar-refractivity contribution in [3.8, 4) is 0 Å². The number of aromatic nitrogens is 2. The van der Waals surface area contributed by atoms with Crippen LogP contribution in [0.25, 0.3) is 0 Å². The predicted octanol–water partition coefficient (Wildman–Crippen LogP) is 2.94. The van der Waals surface area contributed by atoms with Crippen LogP contribution in [0.1, 0.15) is 11.3 Å². The molecule has 94 valence electrons. The summed E-state index contributed by atoms with van der Waals surface area (Å²) >= 11 is 5.83. The zero-order valence-electron chi connectivity index (χ0n) is 9.43. The van der Waals surface area contributed by atoms with E-state index < -0.39 is 16.4 Å². The van der Waals surface area contributed by atoms with Gasteiger partial charge in [-0.05, 0) is 6.92 Å². The van der Waals surface area contributed by atoms with Crippen LogP contribution >= 0.6 is 11.6 Å². The molecule has 18 heavy (non-hydrogen) atoms. The molecule has 0 unspecified atom stereocenters. The highest BCUT2D eigenvalue weighted by Gasteiger charge is 2.18. The molecule has 0 saturated heterocycles. The van der Waals surface area contributed by atoms with Crippen molar-refractivity contribution >= 4 is 17.3 Å². The monoisotopic (exact) mass is 269 g/mol. The maximum atomic E-state index is 13.8. The number of nitrogens with zero attached hydrogens (tertiary/aromatic N) is 3. The van der Waals surface area contributed by atoms with E-state index >= 15 is 0 Å². The largest absolute Gasteiger partial charge is 0.305 e. The van der Waals surface area contributed by atoms with Crippen molar-refractivity contribution in [1.29, 1.82) is 0 Å². The van der Waals surface area contributed by atoms with Crippen LogP contribution in [-0.4, -0.2) is 14.7 Å². The smallest absolute Gasteiger partial charge is 0.264 e. The first-order chi connectivity index (χ1) is 8.50. The lowest BCUT2D eigenvalue weighted by molar-refractivity contribution is -0.387. The lowest BCUT2D eigenvalue weighted by Gasteiger charge is -2.06. The predicted molar refractivity (Wildman–Crippen MR) is 64.1 cm³/mol. The molecule has 0 amide bonds. The van der Waals surface area contributed by atoms with Gasteiger partial charge in [0, 0.05) is 11.6 Å². The average Bonchev–Trinajstić information content (AvgIpc) is 2.63. The topological polar surface area (TPSA) is 61.0 Å². The molecule has 0 aliphatic rings. The van der Waals surface area contributed by atoms with Crippen molar-refractivity contribution in [3.63, 3.8) is 0 Å². The molecule has 2 rings (SSSR count). The van der Waals surface area contributed by atoms with E-state index in [1.165, 1.54) is 23.0 Å². The molecule has 7 heteroatoms. The molecule has 0 atom stereocenters. The summed E-state index contributed by atoms with van der Waals surface area (Å²) in [6, 6.07) is 4.05. The first-order valence-electron chi connectivity index (χ1n) is 5.10. The van der Waals surface area contributed by atoms with E-state index in [1.54, 1.807) is 6.92 Å². The van der Waals surface area contributed by atoms with Gasteiger partial charge in [0.2, 0.25) is 5.82 Å². The highest BCUT2D eigenvalue weighted by Crippen LogP contribution is 2.22. The molecule has 0 radical (unpaired) electrons. The van der Waals surface area contributed by atoms with E-state index in [-0.39, 0.29) is 12.1 Å². The van der Waals surface area contributed by atoms with Gasteiger partial charge in [0.15, 0.2) is 0 Å². The molecule has 5 nitrogen and oxygen atoms in total. The van der Waals surface area contributed by atoms with Gasteiger partial charge in [0.1, 0.15) is 0 Å². The average molecular weight is 270 g/mol. The highest BCUT2D eigenvalue weighted by atomic mass is 35.5. The van der Waals surface area contributed by atoms with Crippen LogP contribution in [0.2, 0.25) is 5.02 Å². The molecule has 2 aromatic rings. The summed E-state index contributed by atoms with van der Waals surface area (Å²) in [6.07, 6.45) is 1.45. The third kappa shape index (κ3) is 2.19. The molecule has 0 saturated carbocycles. The third-order valence-electron chi connectivity index (χ3n) is 2.62. The SMILES string of the molecule is Cc1c(Cl)cnn1Cc1cccc([N+](=O)[O-])c1F. The summed E-state index contributed by atoms with van der Waals surface area (Å²) < 4.78 is 15.3. The van der Waals surface area contributed by atoms with Crippen molar-refractivity contribution in [1.82, 2.24) is 9.78 Å². The summed E-state index contributed by atoms with van der Waals surface area (Å²) in [5.41, 5.74) is 0.345. The lowest BCUT2D eigenvalue weighted by atomic mass is 10.2. The second-order valence-electron chi connectivity index (χ2n) is 3.74. The number of hydrogen-bond donors (Lipinski definition) is 0. The Morgan fingerprint density at radius 3 is 2.83 bits per heavy atom. The molecule has 0 fully saturated rings. The molecule has 0 aliphatic heterocycles. The molecule has 0 aliphatic carbocycles. The standard InChI is InChI=1S/C11H9ClFN3O2/c1-7-9(12)5-14-15(7)6-8-3-2-4-10(11(8)13)16(17)18/h2-5H,6H2,1H3. The number of benzene rings is 1. The summed E-state index contributed by atoms with van der Waals surface area (Å²) in [6.45, 7) is 1.84. The summed E-state index contributed by atoms with van der Waals surface area (Å²) in [7, 11) is 0. The second-order valence-corrected chi connectivity index (χ2v) is 4.15. The van der Waals surface area contributed by atoms with E-state index in [4.69, 9.17) is 11.6 Å². The Hall–Kier alpha value is -1.95. The van der Waals surface area contributed by atoms with E-state index in [2.05, 4.69) is 5.10 Å². The van der Waals surface area contributed by atoms with Gasteiger partial charge < -0.3 is 0 Å². The molecule has 0 bridgehead atoms. The molecular formula is C11H9ClFN3O2. The molecule has 1 heterocycles. The van der Waals surface area contributed by atoms with Gasteiger partial charge in [0.05, 0.1) is 28.4 Å². The quantitative estimate of drug-likeness (QED) is 0.636. The van der Waals surface area contributed by atoms with Gasteiger partial charge in [-0.2, -0.15) is 9.49 Å². The van der Waals surface area contributed by atoms with Crippen LogP contribution < -0.4 is 0 Å². The van der Waals surface area contributed by atoms with E-state index in [0.29, 0.717) is 10.7 Å². The Morgan fingerprint density at radius 2 is 2.28 bits per heavy atom. The van der Waals surface area contributed by atoms with Crippen LogP contribution in [0, 0.1) is 22.9 Å². The van der Waals surface area contributed by atoms with Gasteiger partial charge in [-0.15, -0.1) is 0 Å². The lowest BCUT2D eigenvalue weighted by Crippen LogP contribution is -2.06. The van der Waals surface area contributed by atoms with Gasteiger partial charge in [-0.25, -0.2) is 0 Å². The van der Waals surface area contributed by atoms with Crippen LogP contribution in [0.4, 0.5) is 10.1 Å². The minimum atomic E-state index is -0.839. The first-order valence-corrected chi connectivity index (χ1v) is 5.48. The van der Waals surface area contributed by atoms with Crippen LogP contribution in [-0.2, 0) is 6.54 Å². The molecule has 0 N–H and O–H groups in total. The van der Waals surface area contributed by atoms with Crippen LogP contribution in [0.3, 0.4) is 0 Å². The molecule has 1 aromatic heterocycles. The maximum Gasteiger partial charge on any atom is 0.305 e. The zero-order chi connectivity index (χ0) is 13.3. The summed E-state index contributed by atoms with van der Waals surface area (Å²) in [5, 5.41) is 15.1. The van der Waals surface area contributed by atoms with Crippen molar-refractivity contribution in [3.05, 3.63) is 56.6 Å². The highest BCUT2D eigenvalue weighted by molar-refractivity contribution is 6.31. The van der Waals surface area contributed by atoms with Crippen molar-refractivity contribution < 1.29 is 9.31 Å². The van der Waals surface area contributed by atoms with Gasteiger partial charge in [-0.1, -0.05) is 23.7 Å². The fraction of sp³-hybridized carbons (Fsp3) is 0.182. The number of nitro groups is 1. The Labute approximate surface area is 107 Å². The maximum absolute atomic E-state index is 13.8. The molecular weight excluding hydrogens is 261 g/mol. The van der Waals surface area contributed by atoms with E-state index in [0.717, 1.165) is 6.07 Å². The number of hydrogen-bond acceptors (Lipinski definition) is 3. The van der Waals surface area contributed by atoms with Gasteiger partial charge >= 0.3 is 5.69 Å². The fourth-order valence-electron chi connectivity index (χ4n) is 1.57. The number of halogens is 2. The minimum absolute atomic E-state index is 0.103. The van der Waals surface area contributed by atoms with Crippen LogP contribution in [0.5, 0.6) is 0 Å². The van der Waals surface area contributed by atoms with Crippen molar-refractivity contribution in [2.24, 2.45) is 0 Å². The van der Waals surface area contributed by atoms with Crippen LogP contribution in [0.15, 0.2) is 24.4 Å². The summed E-state index contributed by atoms with van der Waals surface area (Å²) in [5.74, 6) is -0.839. The summed E-state index contributed by atoms with van der Waals surface area (Å²) in [4.78, 5) is 9.87. The van der Waals surface area contributed by atoms with E-state index in [9.17, 15) is 14.5 Å². The second kappa shape index (κ2) is 4.73. The minimum Gasteiger partial charge on any atom is -0.264 e. The molecule has 1 aromatic carbocycles. The Kier molecular flexibility index (Phi) is 3.29. The fourth-order valence-corrected chi connectivity index (χ4v) is 1.72. The normalized spacial score (nSPS) is 10.6. The van der Waals surface area contributed by atoms with E-state index in [1.807, 2.05) is 0 Å². The Bertz CT molecular complexity index is 612. The van der Waals surface area contributed by atoms with Gasteiger partial charge in [-0.3, -0.25) is 14.8 Å². The molecule has 0 spiro atoms. The van der Waals surface area contributed by atoms with Crippen molar-refractivity contribution in [2.45, 2.75) is 13.5 Å². The zero-order valence-corrected chi connectivity index (χ0v) is 10.2. The first kappa shape index (κ1) is 12.5. The van der Waals surface area contributed by atoms with Crippen molar-refractivity contribution in [2.75, 3.05) is 0 Å². The Morgan fingerprint density at radius 1 is 1.56 bits per heavy atom. The number of nitro benzene ring substituents is 1. The Balaban J connectivity index is 2.38. The third-order valence-corrected chi connectivity index (χ3v) is 2.99. The van der Waals surface area contributed by atoms with Gasteiger partial charge in [0.25, 0.3) is 0 Å².